The van der Waals surface area contributed by atoms with Gasteiger partial charge in [-0.3, -0.25) is 9.59 Å². The lowest BCUT2D eigenvalue weighted by atomic mass is 10.0. The molecule has 2 aliphatic heterocycles. The Morgan fingerprint density at radius 2 is 1.68 bits per heavy atom. The Labute approximate surface area is 198 Å². The Balaban J connectivity index is 1.54. The Bertz CT molecular complexity index is 1350. The van der Waals surface area contributed by atoms with E-state index in [9.17, 15) is 18.0 Å². The Morgan fingerprint density at radius 1 is 0.971 bits per heavy atom. The number of benzene rings is 2. The molecule has 34 heavy (non-hydrogen) atoms. The van der Waals surface area contributed by atoms with Crippen molar-refractivity contribution in [2.45, 2.75) is 31.2 Å². The molecular formula is C25H25N3O5S. The monoisotopic (exact) mass is 479 g/mol. The van der Waals surface area contributed by atoms with Crippen LogP contribution < -0.4 is 9.80 Å². The summed E-state index contributed by atoms with van der Waals surface area (Å²) in [5.41, 5.74) is 2.86. The predicted molar refractivity (Wildman–Crippen MR) is 128 cm³/mol. The lowest BCUT2D eigenvalue weighted by Crippen LogP contribution is -2.51. The predicted octanol–water partition coefficient (Wildman–Crippen LogP) is 3.74. The summed E-state index contributed by atoms with van der Waals surface area (Å²) in [7, 11) is -3.46. The van der Waals surface area contributed by atoms with Crippen molar-refractivity contribution < 1.29 is 22.4 Å². The van der Waals surface area contributed by atoms with Gasteiger partial charge in [-0.05, 0) is 60.9 Å². The summed E-state index contributed by atoms with van der Waals surface area (Å²) in [6.45, 7) is 4.84. The van der Waals surface area contributed by atoms with Gasteiger partial charge in [0.25, 0.3) is 5.91 Å². The summed E-state index contributed by atoms with van der Waals surface area (Å²) >= 11 is 0. The fourth-order valence-electron chi connectivity index (χ4n) is 4.51. The lowest BCUT2D eigenvalue weighted by Gasteiger charge is -2.40. The van der Waals surface area contributed by atoms with E-state index >= 15 is 0 Å². The highest BCUT2D eigenvalue weighted by Crippen LogP contribution is 2.39. The van der Waals surface area contributed by atoms with Crippen molar-refractivity contribution in [2.24, 2.45) is 0 Å². The second-order valence-electron chi connectivity index (χ2n) is 8.62. The van der Waals surface area contributed by atoms with Crippen molar-refractivity contribution in [1.29, 1.82) is 0 Å². The molecule has 0 bridgehead atoms. The standard InChI is InChI=1S/C25H25N3O5S/c1-17-16-27(25(30)24-5-3-14-33-24)23-15-20(8-11-22(23)28(17)18(2)29)19-6-9-21(10-7-19)34(31,32)26-12-4-13-26/h3,5-11,14-15,17H,4,12-13,16H2,1-2H3. The number of sulfonamides is 1. The zero-order valence-electron chi connectivity index (χ0n) is 19.0. The number of hydrogen-bond donors (Lipinski definition) is 0. The van der Waals surface area contributed by atoms with E-state index in [0.717, 1.165) is 17.5 Å². The molecular weight excluding hydrogens is 454 g/mol. The summed E-state index contributed by atoms with van der Waals surface area (Å²) in [5.74, 6) is -0.165. The molecule has 1 aromatic heterocycles. The first-order valence-electron chi connectivity index (χ1n) is 11.2. The van der Waals surface area contributed by atoms with Gasteiger partial charge in [0, 0.05) is 26.6 Å². The van der Waals surface area contributed by atoms with Crippen molar-refractivity contribution in [3.8, 4) is 11.1 Å². The van der Waals surface area contributed by atoms with Crippen LogP contribution in [0, 0.1) is 0 Å². The van der Waals surface area contributed by atoms with Crippen LogP contribution in [0.3, 0.4) is 0 Å². The van der Waals surface area contributed by atoms with Gasteiger partial charge in [-0.2, -0.15) is 4.31 Å². The van der Waals surface area contributed by atoms with Crippen LogP contribution in [0.2, 0.25) is 0 Å². The number of nitrogens with zero attached hydrogens (tertiary/aromatic N) is 3. The molecule has 5 rings (SSSR count). The second-order valence-corrected chi connectivity index (χ2v) is 10.6. The van der Waals surface area contributed by atoms with E-state index in [1.165, 1.54) is 17.5 Å². The fourth-order valence-corrected chi connectivity index (χ4v) is 6.02. The van der Waals surface area contributed by atoms with Gasteiger partial charge in [-0.25, -0.2) is 8.42 Å². The highest BCUT2D eigenvalue weighted by Gasteiger charge is 2.35. The quantitative estimate of drug-likeness (QED) is 0.569. The average Bonchev–Trinajstić information content (AvgIpc) is 3.31. The van der Waals surface area contributed by atoms with Crippen LogP contribution >= 0.6 is 0 Å². The number of carbonyl (C=O) groups excluding carboxylic acids is 2. The molecule has 8 nitrogen and oxygen atoms in total. The SMILES string of the molecule is CC(=O)N1c2ccc(-c3ccc(S(=O)(=O)N4CCC4)cc3)cc2N(C(=O)c2ccco2)CC1C. The molecule has 0 N–H and O–H groups in total. The van der Waals surface area contributed by atoms with E-state index in [-0.39, 0.29) is 28.5 Å². The minimum Gasteiger partial charge on any atom is -0.459 e. The first-order valence-corrected chi connectivity index (χ1v) is 12.6. The molecule has 0 spiro atoms. The van der Waals surface area contributed by atoms with E-state index in [4.69, 9.17) is 4.42 Å². The van der Waals surface area contributed by atoms with Crippen LogP contribution in [0.4, 0.5) is 11.4 Å². The summed E-state index contributed by atoms with van der Waals surface area (Å²) in [4.78, 5) is 29.2. The van der Waals surface area contributed by atoms with Crippen LogP contribution in [0.15, 0.2) is 70.2 Å². The number of anilines is 2. The largest absolute Gasteiger partial charge is 0.459 e. The third-order valence-corrected chi connectivity index (χ3v) is 8.28. The smallest absolute Gasteiger partial charge is 0.294 e. The highest BCUT2D eigenvalue weighted by atomic mass is 32.2. The number of carbonyl (C=O) groups is 2. The molecule has 1 saturated heterocycles. The van der Waals surface area contributed by atoms with Gasteiger partial charge in [-0.1, -0.05) is 18.2 Å². The molecule has 2 aromatic carbocycles. The van der Waals surface area contributed by atoms with Crippen molar-refractivity contribution >= 4 is 33.2 Å². The summed E-state index contributed by atoms with van der Waals surface area (Å²) in [5, 5.41) is 0. The zero-order valence-corrected chi connectivity index (χ0v) is 19.8. The van der Waals surface area contributed by atoms with E-state index in [1.54, 1.807) is 46.2 Å². The summed E-state index contributed by atoms with van der Waals surface area (Å²) in [6, 6.07) is 15.4. The number of fused-ring (bicyclic) bond motifs is 1. The van der Waals surface area contributed by atoms with Gasteiger partial charge in [-0.15, -0.1) is 0 Å². The van der Waals surface area contributed by atoms with Gasteiger partial charge in [0.05, 0.1) is 28.6 Å². The Hall–Kier alpha value is -3.43. The second kappa shape index (κ2) is 8.41. The maximum atomic E-state index is 13.2. The van der Waals surface area contributed by atoms with Gasteiger partial charge in [0.1, 0.15) is 0 Å². The third kappa shape index (κ3) is 3.70. The van der Waals surface area contributed by atoms with E-state index in [0.29, 0.717) is 31.0 Å². The molecule has 3 heterocycles. The molecule has 9 heteroatoms. The lowest BCUT2D eigenvalue weighted by molar-refractivity contribution is -0.117. The fraction of sp³-hybridized carbons (Fsp3) is 0.280. The Morgan fingerprint density at radius 3 is 2.26 bits per heavy atom. The first-order chi connectivity index (χ1) is 16.3. The number of hydrogen-bond acceptors (Lipinski definition) is 5. The molecule has 0 aliphatic carbocycles. The molecule has 2 aliphatic rings. The maximum absolute atomic E-state index is 13.2. The average molecular weight is 480 g/mol. The minimum atomic E-state index is -3.46. The molecule has 1 atom stereocenters. The van der Waals surface area contributed by atoms with Crippen LogP contribution in [-0.4, -0.2) is 50.2 Å². The third-order valence-electron chi connectivity index (χ3n) is 6.37. The van der Waals surface area contributed by atoms with E-state index in [2.05, 4.69) is 0 Å². The van der Waals surface area contributed by atoms with Crippen molar-refractivity contribution in [3.63, 3.8) is 0 Å². The summed E-state index contributed by atoms with van der Waals surface area (Å²) < 4.78 is 32.1. The zero-order chi connectivity index (χ0) is 24.0. The van der Waals surface area contributed by atoms with Gasteiger partial charge >= 0.3 is 0 Å². The molecule has 3 aromatic rings. The number of furan rings is 1. The number of amides is 2. The topological polar surface area (TPSA) is 91.1 Å². The highest BCUT2D eigenvalue weighted by molar-refractivity contribution is 7.89. The van der Waals surface area contributed by atoms with Crippen LogP contribution in [-0.2, 0) is 14.8 Å². The molecule has 1 unspecified atom stereocenters. The van der Waals surface area contributed by atoms with Crippen LogP contribution in [0.25, 0.3) is 11.1 Å². The van der Waals surface area contributed by atoms with Crippen LogP contribution in [0.1, 0.15) is 30.8 Å². The maximum Gasteiger partial charge on any atom is 0.294 e. The first kappa shape index (κ1) is 22.4. The van der Waals surface area contributed by atoms with Gasteiger partial charge in [0.15, 0.2) is 5.76 Å². The van der Waals surface area contributed by atoms with Crippen LogP contribution in [0.5, 0.6) is 0 Å². The normalized spacial score (nSPS) is 18.4. The van der Waals surface area contributed by atoms with Crippen molar-refractivity contribution in [3.05, 3.63) is 66.6 Å². The molecule has 1 fully saturated rings. The van der Waals surface area contributed by atoms with Crippen molar-refractivity contribution in [1.82, 2.24) is 4.31 Å². The Kier molecular flexibility index (Phi) is 5.53. The molecule has 0 radical (unpaired) electrons. The molecule has 176 valence electrons. The van der Waals surface area contributed by atoms with E-state index in [1.807, 2.05) is 25.1 Å². The van der Waals surface area contributed by atoms with Crippen molar-refractivity contribution in [2.75, 3.05) is 29.4 Å². The van der Waals surface area contributed by atoms with Gasteiger partial charge in [0.2, 0.25) is 15.9 Å². The molecule has 0 saturated carbocycles. The van der Waals surface area contributed by atoms with E-state index < -0.39 is 10.0 Å². The summed E-state index contributed by atoms with van der Waals surface area (Å²) in [6.07, 6.45) is 2.34. The molecule has 2 amide bonds. The number of rotatable bonds is 4. The minimum absolute atomic E-state index is 0.104. The van der Waals surface area contributed by atoms with Gasteiger partial charge < -0.3 is 14.2 Å².